The molecule has 148 valence electrons. The van der Waals surface area contributed by atoms with E-state index in [2.05, 4.69) is 4.74 Å². The van der Waals surface area contributed by atoms with Crippen LogP contribution in [0, 0.1) is 0 Å². The quantitative estimate of drug-likeness (QED) is 0.335. The molecule has 1 fully saturated rings. The molecule has 5 nitrogen and oxygen atoms in total. The van der Waals surface area contributed by atoms with Gasteiger partial charge in [0.25, 0.3) is 5.79 Å². The number of hydrogen-bond acceptors (Lipinski definition) is 5. The number of carbonyl (C=O) groups is 2. The predicted octanol–water partition coefficient (Wildman–Crippen LogP) is 3.87. The molecule has 1 aliphatic rings. The van der Waals surface area contributed by atoms with Crippen molar-refractivity contribution in [2.75, 3.05) is 6.61 Å². The van der Waals surface area contributed by atoms with E-state index in [0.29, 0.717) is 12.1 Å². The highest BCUT2D eigenvalue weighted by atomic mass is 19.4. The molecule has 0 aliphatic carbocycles. The van der Waals surface area contributed by atoms with Gasteiger partial charge in [-0.3, -0.25) is 0 Å². The van der Waals surface area contributed by atoms with Crippen LogP contribution >= 0.6 is 0 Å². The minimum atomic E-state index is -4.97. The van der Waals surface area contributed by atoms with Gasteiger partial charge in [0.1, 0.15) is 11.3 Å². The molecule has 2 rings (SSSR count). The van der Waals surface area contributed by atoms with Crippen LogP contribution < -0.4 is 4.74 Å². The van der Waals surface area contributed by atoms with E-state index < -0.39 is 53.6 Å². The molecule has 27 heavy (non-hydrogen) atoms. The second kappa shape index (κ2) is 6.78. The van der Waals surface area contributed by atoms with Crippen molar-refractivity contribution < 1.29 is 50.1 Å². The Morgan fingerprint density at radius 3 is 2.07 bits per heavy atom. The monoisotopic (exact) mass is 398 g/mol. The zero-order chi connectivity index (χ0) is 20.6. The van der Waals surface area contributed by atoms with Crippen LogP contribution in [-0.2, 0) is 25.2 Å². The van der Waals surface area contributed by atoms with E-state index in [1.807, 2.05) is 0 Å². The molecule has 1 aliphatic heterocycles. The van der Waals surface area contributed by atoms with Crippen molar-refractivity contribution >= 4 is 18.0 Å². The molecule has 0 saturated carbocycles. The fourth-order valence-electron chi connectivity index (χ4n) is 2.09. The minimum absolute atomic E-state index is 0.191. The third kappa shape index (κ3) is 5.38. The van der Waals surface area contributed by atoms with Crippen LogP contribution in [0.4, 0.5) is 26.3 Å². The molecule has 11 heteroatoms. The average molecular weight is 398 g/mol. The lowest BCUT2D eigenvalue weighted by atomic mass is 10.1. The number of benzene rings is 1. The third-order valence-corrected chi connectivity index (χ3v) is 3.13. The second-order valence-electron chi connectivity index (χ2n) is 5.89. The summed E-state index contributed by atoms with van der Waals surface area (Å²) in [5.74, 6) is -4.80. The second-order valence-corrected chi connectivity index (χ2v) is 5.89. The average Bonchev–Trinajstić information content (AvgIpc) is 2.46. The maximum Gasteiger partial charge on any atom is 0.422 e. The fraction of sp³-hybridized carbons (Fsp3) is 0.375. The molecule has 1 saturated heterocycles. The van der Waals surface area contributed by atoms with Crippen LogP contribution in [0.2, 0.25) is 0 Å². The highest BCUT2D eigenvalue weighted by Crippen LogP contribution is 2.38. The molecule has 0 amide bonds. The van der Waals surface area contributed by atoms with Crippen molar-refractivity contribution in [3.05, 3.63) is 34.9 Å². The maximum atomic E-state index is 12.9. The molecular weight excluding hydrogens is 386 g/mol. The van der Waals surface area contributed by atoms with Crippen molar-refractivity contribution in [3.63, 3.8) is 0 Å². The van der Waals surface area contributed by atoms with E-state index >= 15 is 0 Å². The van der Waals surface area contributed by atoms with Crippen molar-refractivity contribution in [2.45, 2.75) is 32.0 Å². The van der Waals surface area contributed by atoms with Gasteiger partial charge in [-0.15, -0.1) is 0 Å². The highest BCUT2D eigenvalue weighted by molar-refractivity contribution is 6.18. The molecule has 0 bridgehead atoms. The summed E-state index contributed by atoms with van der Waals surface area (Å²) in [4.78, 5) is 23.7. The summed E-state index contributed by atoms with van der Waals surface area (Å²) >= 11 is 0. The van der Waals surface area contributed by atoms with E-state index in [1.54, 1.807) is 0 Å². The number of halogens is 6. The van der Waals surface area contributed by atoms with Gasteiger partial charge in [-0.25, -0.2) is 9.59 Å². The first kappa shape index (κ1) is 20.6. The fourth-order valence-corrected chi connectivity index (χ4v) is 2.09. The minimum Gasteiger partial charge on any atom is -0.483 e. The van der Waals surface area contributed by atoms with Gasteiger partial charge in [0.05, 0.1) is 5.56 Å². The highest BCUT2D eigenvalue weighted by Gasteiger charge is 2.39. The van der Waals surface area contributed by atoms with Crippen molar-refractivity contribution in [1.29, 1.82) is 0 Å². The zero-order valence-corrected chi connectivity index (χ0v) is 13.8. The molecule has 0 unspecified atom stereocenters. The van der Waals surface area contributed by atoms with Gasteiger partial charge >= 0.3 is 24.3 Å². The topological polar surface area (TPSA) is 61.8 Å². The van der Waals surface area contributed by atoms with Crippen LogP contribution in [0.15, 0.2) is 23.8 Å². The lowest BCUT2D eigenvalue weighted by Gasteiger charge is -2.29. The zero-order valence-electron chi connectivity index (χ0n) is 13.8. The number of carbonyl (C=O) groups excluding carboxylic acids is 2. The molecule has 0 radical (unpaired) electrons. The van der Waals surface area contributed by atoms with E-state index in [0.717, 1.165) is 12.1 Å². The molecule has 1 aromatic carbocycles. The molecule has 0 aromatic heterocycles. The summed E-state index contributed by atoms with van der Waals surface area (Å²) in [5, 5.41) is 0. The van der Waals surface area contributed by atoms with Crippen molar-refractivity contribution in [1.82, 2.24) is 0 Å². The van der Waals surface area contributed by atoms with E-state index in [9.17, 15) is 35.9 Å². The molecule has 0 N–H and O–H groups in total. The summed E-state index contributed by atoms with van der Waals surface area (Å²) in [5.41, 5.74) is -2.26. The van der Waals surface area contributed by atoms with Crippen LogP contribution in [0.25, 0.3) is 6.08 Å². The first-order chi connectivity index (χ1) is 12.2. The van der Waals surface area contributed by atoms with Crippen molar-refractivity contribution in [3.8, 4) is 5.75 Å². The van der Waals surface area contributed by atoms with Crippen molar-refractivity contribution in [2.24, 2.45) is 0 Å². The Kier molecular flexibility index (Phi) is 5.17. The summed E-state index contributed by atoms with van der Waals surface area (Å²) in [6.07, 6.45) is -9.00. The standard InChI is InChI=1S/C16H12F6O5/c1-14(2)26-12(23)9(13(24)27-14)5-8-3-4-10(16(20,21)22)11(6-8)25-7-15(17,18)19/h3-6H,7H2,1-2H3. The number of ether oxygens (including phenoxy) is 3. The summed E-state index contributed by atoms with van der Waals surface area (Å²) in [7, 11) is 0. The SMILES string of the molecule is CC1(C)OC(=O)C(=Cc2ccc(C(F)(F)F)c(OCC(F)(F)F)c2)C(=O)O1. The normalized spacial score (nSPS) is 17.3. The lowest BCUT2D eigenvalue weighted by molar-refractivity contribution is -0.222. The van der Waals surface area contributed by atoms with Crippen LogP contribution in [0.1, 0.15) is 25.0 Å². The van der Waals surface area contributed by atoms with Gasteiger partial charge < -0.3 is 14.2 Å². The maximum absolute atomic E-state index is 12.9. The summed E-state index contributed by atoms with van der Waals surface area (Å²) in [6, 6.07) is 1.96. The van der Waals surface area contributed by atoms with E-state index in [4.69, 9.17) is 9.47 Å². The Balaban J connectivity index is 2.41. The molecule has 1 aromatic rings. The van der Waals surface area contributed by atoms with Gasteiger partial charge in [0.2, 0.25) is 0 Å². The number of rotatable bonds is 3. The summed E-state index contributed by atoms with van der Waals surface area (Å²) < 4.78 is 89.5. The predicted molar refractivity (Wildman–Crippen MR) is 77.2 cm³/mol. The van der Waals surface area contributed by atoms with Crippen LogP contribution in [0.3, 0.4) is 0 Å². The number of esters is 2. The summed E-state index contributed by atoms with van der Waals surface area (Å²) in [6.45, 7) is 0.635. The Labute approximate surface area is 148 Å². The Bertz CT molecular complexity index is 769. The van der Waals surface area contributed by atoms with Gasteiger partial charge in [-0.05, 0) is 23.8 Å². The van der Waals surface area contributed by atoms with Crippen LogP contribution in [-0.4, -0.2) is 30.5 Å². The Morgan fingerprint density at radius 1 is 1.04 bits per heavy atom. The van der Waals surface area contributed by atoms with E-state index in [-0.39, 0.29) is 5.56 Å². The van der Waals surface area contributed by atoms with Crippen LogP contribution in [0.5, 0.6) is 5.75 Å². The van der Waals surface area contributed by atoms with E-state index in [1.165, 1.54) is 13.8 Å². The number of hydrogen-bond donors (Lipinski definition) is 0. The van der Waals surface area contributed by atoms with Gasteiger partial charge in [0.15, 0.2) is 6.61 Å². The Morgan fingerprint density at radius 2 is 1.59 bits per heavy atom. The molecule has 0 spiro atoms. The number of cyclic esters (lactones) is 2. The van der Waals surface area contributed by atoms with Gasteiger partial charge in [0, 0.05) is 13.8 Å². The lowest BCUT2D eigenvalue weighted by Crippen LogP contribution is -2.41. The smallest absolute Gasteiger partial charge is 0.422 e. The molecular formula is C16H12F6O5. The number of alkyl halides is 6. The van der Waals surface area contributed by atoms with Gasteiger partial charge in [-0.1, -0.05) is 6.07 Å². The van der Waals surface area contributed by atoms with Gasteiger partial charge in [-0.2, -0.15) is 26.3 Å². The Hall–Kier alpha value is -2.72. The molecule has 0 atom stereocenters. The molecule has 1 heterocycles. The first-order valence-corrected chi connectivity index (χ1v) is 7.27. The first-order valence-electron chi connectivity index (χ1n) is 7.27. The largest absolute Gasteiger partial charge is 0.483 e. The third-order valence-electron chi connectivity index (χ3n) is 3.13.